The minimum absolute atomic E-state index is 0.0935. The molecule has 0 fully saturated rings. The lowest BCUT2D eigenvalue weighted by atomic mass is 10.1. The number of aromatic nitrogens is 1. The Kier molecular flexibility index (Phi) is 6.70. The molecule has 1 unspecified atom stereocenters. The molecule has 8 heteroatoms. The van der Waals surface area contributed by atoms with E-state index in [2.05, 4.69) is 15.6 Å². The quantitative estimate of drug-likeness (QED) is 0.704. The van der Waals surface area contributed by atoms with E-state index < -0.39 is 29.6 Å². The number of carbonyl (C=O) groups excluding carboxylic acids is 2. The summed E-state index contributed by atoms with van der Waals surface area (Å²) in [6.07, 6.45) is 0.819. The summed E-state index contributed by atoms with van der Waals surface area (Å²) in [5.41, 5.74) is -0.0558. The van der Waals surface area contributed by atoms with E-state index in [0.29, 0.717) is 0 Å². The predicted octanol–water partition coefficient (Wildman–Crippen LogP) is 2.85. The average molecular weight is 385 g/mol. The van der Waals surface area contributed by atoms with Crippen LogP contribution >= 0.6 is 0 Å². The van der Waals surface area contributed by atoms with Gasteiger partial charge in [0.1, 0.15) is 23.0 Å². The number of carboxylic acid groups (broad SMARTS) is 1. The van der Waals surface area contributed by atoms with Crippen molar-refractivity contribution in [3.63, 3.8) is 0 Å². The summed E-state index contributed by atoms with van der Waals surface area (Å²) in [5.74, 6) is -1.91. The number of carbonyl (C=O) groups is 3. The van der Waals surface area contributed by atoms with E-state index in [-0.39, 0.29) is 17.8 Å². The van der Waals surface area contributed by atoms with Gasteiger partial charge in [-0.1, -0.05) is 30.3 Å². The zero-order valence-electron chi connectivity index (χ0n) is 15.9. The molecule has 8 nitrogen and oxygen atoms in total. The average Bonchev–Trinajstić information content (AvgIpc) is 2.60. The van der Waals surface area contributed by atoms with E-state index in [4.69, 9.17) is 4.74 Å². The smallest absolute Gasteiger partial charge is 0.408 e. The number of rotatable bonds is 6. The van der Waals surface area contributed by atoms with Gasteiger partial charge in [-0.15, -0.1) is 0 Å². The van der Waals surface area contributed by atoms with Crippen molar-refractivity contribution in [1.29, 1.82) is 0 Å². The fourth-order valence-electron chi connectivity index (χ4n) is 2.39. The van der Waals surface area contributed by atoms with E-state index >= 15 is 0 Å². The van der Waals surface area contributed by atoms with E-state index in [0.717, 1.165) is 5.56 Å². The Balaban J connectivity index is 2.21. The zero-order valence-corrected chi connectivity index (χ0v) is 15.9. The molecule has 0 saturated heterocycles. The highest BCUT2D eigenvalue weighted by Crippen LogP contribution is 2.13. The summed E-state index contributed by atoms with van der Waals surface area (Å²) in [4.78, 5) is 40.2. The van der Waals surface area contributed by atoms with Crippen molar-refractivity contribution in [2.75, 3.05) is 5.32 Å². The first kappa shape index (κ1) is 20.9. The topological polar surface area (TPSA) is 118 Å². The second-order valence-electron chi connectivity index (χ2n) is 7.08. The first-order chi connectivity index (χ1) is 13.2. The molecule has 3 N–H and O–H groups in total. The van der Waals surface area contributed by atoms with E-state index in [9.17, 15) is 19.5 Å². The van der Waals surface area contributed by atoms with Crippen LogP contribution in [-0.2, 0) is 16.0 Å². The maximum atomic E-state index is 12.8. The number of hydrogen-bond acceptors (Lipinski definition) is 5. The van der Waals surface area contributed by atoms with Gasteiger partial charge >= 0.3 is 12.1 Å². The lowest BCUT2D eigenvalue weighted by Gasteiger charge is -2.23. The fraction of sp³-hybridized carbons (Fsp3) is 0.300. The van der Waals surface area contributed by atoms with Gasteiger partial charge < -0.3 is 20.5 Å². The van der Waals surface area contributed by atoms with Crippen molar-refractivity contribution in [3.05, 3.63) is 59.8 Å². The summed E-state index contributed by atoms with van der Waals surface area (Å²) in [5, 5.41) is 14.3. The molecule has 0 saturated carbocycles. The van der Waals surface area contributed by atoms with Crippen LogP contribution in [0, 0.1) is 0 Å². The number of ether oxygens (including phenoxy) is 1. The zero-order chi connectivity index (χ0) is 20.7. The van der Waals surface area contributed by atoms with Gasteiger partial charge in [0.15, 0.2) is 0 Å². The monoisotopic (exact) mass is 385 g/mol. The molecule has 0 radical (unpaired) electrons. The molecule has 2 amide bonds. The van der Waals surface area contributed by atoms with Gasteiger partial charge in [0.25, 0.3) is 0 Å². The van der Waals surface area contributed by atoms with Crippen LogP contribution in [0.5, 0.6) is 0 Å². The molecule has 2 aromatic rings. The Morgan fingerprint density at radius 2 is 1.79 bits per heavy atom. The summed E-state index contributed by atoms with van der Waals surface area (Å²) in [6.45, 7) is 5.14. The first-order valence-electron chi connectivity index (χ1n) is 8.68. The van der Waals surface area contributed by atoms with Crippen LogP contribution in [0.25, 0.3) is 0 Å². The van der Waals surface area contributed by atoms with Gasteiger partial charge in [0, 0.05) is 12.6 Å². The molecule has 28 heavy (non-hydrogen) atoms. The highest BCUT2D eigenvalue weighted by atomic mass is 16.6. The largest absolute Gasteiger partial charge is 0.478 e. The number of amides is 2. The number of anilines is 1. The molecule has 1 aromatic heterocycles. The number of nitrogens with one attached hydrogen (secondary N) is 2. The van der Waals surface area contributed by atoms with Gasteiger partial charge in [-0.05, 0) is 38.5 Å². The minimum Gasteiger partial charge on any atom is -0.478 e. The Labute approximate surface area is 162 Å². The second-order valence-corrected chi connectivity index (χ2v) is 7.08. The van der Waals surface area contributed by atoms with E-state index in [1.165, 1.54) is 18.3 Å². The van der Waals surface area contributed by atoms with E-state index in [1.54, 1.807) is 20.8 Å². The Morgan fingerprint density at radius 3 is 2.39 bits per heavy atom. The molecule has 0 aliphatic carbocycles. The summed E-state index contributed by atoms with van der Waals surface area (Å²) < 4.78 is 5.23. The van der Waals surface area contributed by atoms with Crippen molar-refractivity contribution in [2.24, 2.45) is 0 Å². The number of aromatic carboxylic acids is 1. The van der Waals surface area contributed by atoms with Gasteiger partial charge in [-0.3, -0.25) is 4.79 Å². The number of pyridine rings is 1. The number of carboxylic acids is 1. The molecule has 1 atom stereocenters. The highest BCUT2D eigenvalue weighted by Gasteiger charge is 2.26. The van der Waals surface area contributed by atoms with Crippen LogP contribution < -0.4 is 10.6 Å². The third-order valence-corrected chi connectivity index (χ3v) is 3.57. The molecule has 1 heterocycles. The van der Waals surface area contributed by atoms with Crippen LogP contribution in [0.1, 0.15) is 36.7 Å². The Morgan fingerprint density at radius 1 is 1.11 bits per heavy atom. The minimum atomic E-state index is -1.22. The van der Waals surface area contributed by atoms with Crippen LogP contribution in [0.2, 0.25) is 0 Å². The fourth-order valence-corrected chi connectivity index (χ4v) is 2.39. The van der Waals surface area contributed by atoms with Crippen molar-refractivity contribution in [2.45, 2.75) is 38.8 Å². The number of benzene rings is 1. The van der Waals surface area contributed by atoms with Gasteiger partial charge in [-0.25, -0.2) is 14.6 Å². The van der Waals surface area contributed by atoms with Crippen molar-refractivity contribution < 1.29 is 24.2 Å². The molecule has 1 aromatic carbocycles. The Hall–Kier alpha value is -3.42. The van der Waals surface area contributed by atoms with E-state index in [1.807, 2.05) is 30.3 Å². The third kappa shape index (κ3) is 6.39. The molecule has 0 bridgehead atoms. The molecule has 0 spiro atoms. The van der Waals surface area contributed by atoms with Gasteiger partial charge in [-0.2, -0.15) is 0 Å². The molecule has 148 valence electrons. The summed E-state index contributed by atoms with van der Waals surface area (Å²) in [6, 6.07) is 10.9. The maximum absolute atomic E-state index is 12.8. The predicted molar refractivity (Wildman–Crippen MR) is 103 cm³/mol. The van der Waals surface area contributed by atoms with Gasteiger partial charge in [0.2, 0.25) is 5.91 Å². The SMILES string of the molecule is CC(C)(C)OC(=O)NC(Cc1ccccc1)C(=O)Nc1ncccc1C(=O)O. The second kappa shape index (κ2) is 8.98. The number of alkyl carbamates (subject to hydrolysis) is 1. The standard InChI is InChI=1S/C20H23N3O5/c1-20(2,3)28-19(27)22-15(12-13-8-5-4-6-9-13)17(24)23-16-14(18(25)26)10-7-11-21-16/h4-11,15H,12H2,1-3H3,(H,22,27)(H,25,26)(H,21,23,24). The first-order valence-corrected chi connectivity index (χ1v) is 8.68. The normalized spacial score (nSPS) is 12.0. The highest BCUT2D eigenvalue weighted by molar-refractivity contribution is 6.01. The summed E-state index contributed by atoms with van der Waals surface area (Å²) >= 11 is 0. The molecule has 0 aliphatic rings. The van der Waals surface area contributed by atoms with Crippen LogP contribution in [-0.4, -0.2) is 39.7 Å². The van der Waals surface area contributed by atoms with Crippen molar-refractivity contribution >= 4 is 23.8 Å². The molecule has 2 rings (SSSR count). The Bertz CT molecular complexity index is 846. The van der Waals surface area contributed by atoms with Gasteiger partial charge in [0.05, 0.1) is 0 Å². The number of nitrogens with zero attached hydrogens (tertiary/aromatic N) is 1. The van der Waals surface area contributed by atoms with Crippen LogP contribution in [0.15, 0.2) is 48.7 Å². The number of hydrogen-bond donors (Lipinski definition) is 3. The molecular formula is C20H23N3O5. The van der Waals surface area contributed by atoms with Crippen molar-refractivity contribution in [3.8, 4) is 0 Å². The lowest BCUT2D eigenvalue weighted by molar-refractivity contribution is -0.118. The third-order valence-electron chi connectivity index (χ3n) is 3.57. The maximum Gasteiger partial charge on any atom is 0.408 e. The van der Waals surface area contributed by atoms with Crippen LogP contribution in [0.4, 0.5) is 10.6 Å². The lowest BCUT2D eigenvalue weighted by Crippen LogP contribution is -2.47. The van der Waals surface area contributed by atoms with Crippen LogP contribution in [0.3, 0.4) is 0 Å². The molecular weight excluding hydrogens is 362 g/mol. The summed E-state index contributed by atoms with van der Waals surface area (Å²) in [7, 11) is 0. The van der Waals surface area contributed by atoms with Crippen molar-refractivity contribution in [1.82, 2.24) is 10.3 Å². The molecule has 0 aliphatic heterocycles.